The number of aliphatic hydroxyl groups excluding tert-OH is 2. The van der Waals surface area contributed by atoms with Crippen molar-refractivity contribution in [3.8, 4) is 0 Å². The number of allylic oxidation sites excluding steroid dienone is 2. The van der Waals surface area contributed by atoms with Gasteiger partial charge in [-0.1, -0.05) is 56.4 Å². The number of hydrogen-bond acceptors (Lipinski definition) is 3. The minimum atomic E-state index is -0.726. The summed E-state index contributed by atoms with van der Waals surface area (Å²) in [4.78, 5) is 10.6. The van der Waals surface area contributed by atoms with Gasteiger partial charge < -0.3 is 15.3 Å². The molecule has 0 spiro atoms. The number of fused-ring (bicyclic) bond motifs is 1. The molecule has 0 aromatic heterocycles. The molecule has 3 aliphatic carbocycles. The van der Waals surface area contributed by atoms with Crippen LogP contribution in [0.4, 0.5) is 0 Å². The summed E-state index contributed by atoms with van der Waals surface area (Å²) in [5.41, 5.74) is 1.43. The monoisotopic (exact) mass is 376 g/mol. The van der Waals surface area contributed by atoms with Gasteiger partial charge in [0.25, 0.3) is 0 Å². The Labute approximate surface area is 163 Å². The number of hydrogen-bond donors (Lipinski definition) is 3. The van der Waals surface area contributed by atoms with Gasteiger partial charge in [-0.15, -0.1) is 0 Å². The molecule has 0 aliphatic heterocycles. The lowest BCUT2D eigenvalue weighted by Crippen LogP contribution is -2.23. The van der Waals surface area contributed by atoms with Crippen molar-refractivity contribution >= 4 is 5.97 Å². The van der Waals surface area contributed by atoms with Gasteiger partial charge >= 0.3 is 5.97 Å². The number of carboxylic acid groups (broad SMARTS) is 1. The Morgan fingerprint density at radius 1 is 1.26 bits per heavy atom. The Morgan fingerprint density at radius 3 is 2.70 bits per heavy atom. The highest BCUT2D eigenvalue weighted by atomic mass is 16.4. The molecule has 3 fully saturated rings. The summed E-state index contributed by atoms with van der Waals surface area (Å²) in [7, 11) is 0. The molecule has 3 saturated carbocycles. The zero-order valence-electron chi connectivity index (χ0n) is 16.6. The minimum absolute atomic E-state index is 0.144. The summed E-state index contributed by atoms with van der Waals surface area (Å²) in [6, 6.07) is 0. The molecule has 0 aromatic rings. The highest BCUT2D eigenvalue weighted by Gasteiger charge is 2.45. The number of carboxylic acids is 1. The molecule has 0 radical (unpaired) electrons. The molecule has 0 bridgehead atoms. The first-order valence-corrected chi connectivity index (χ1v) is 10.9. The van der Waals surface area contributed by atoms with Crippen LogP contribution >= 0.6 is 0 Å². The third-order valence-corrected chi connectivity index (χ3v) is 7.35. The van der Waals surface area contributed by atoms with Crippen LogP contribution in [0.2, 0.25) is 0 Å². The van der Waals surface area contributed by atoms with Crippen LogP contribution in [0.15, 0.2) is 23.8 Å². The average Bonchev–Trinajstić information content (AvgIpc) is 3.33. The van der Waals surface area contributed by atoms with Crippen LogP contribution in [-0.2, 0) is 4.79 Å². The maximum Gasteiger partial charge on any atom is 0.303 e. The molecule has 3 N–H and O–H groups in total. The van der Waals surface area contributed by atoms with Crippen molar-refractivity contribution in [3.05, 3.63) is 23.8 Å². The van der Waals surface area contributed by atoms with E-state index in [4.69, 9.17) is 5.11 Å². The van der Waals surface area contributed by atoms with Gasteiger partial charge in [-0.3, -0.25) is 4.79 Å². The van der Waals surface area contributed by atoms with Crippen LogP contribution in [-0.4, -0.2) is 33.5 Å². The highest BCUT2D eigenvalue weighted by Crippen LogP contribution is 2.50. The molecule has 3 rings (SSSR count). The Morgan fingerprint density at radius 2 is 2.00 bits per heavy atom. The van der Waals surface area contributed by atoms with Crippen molar-refractivity contribution in [1.82, 2.24) is 0 Å². The first kappa shape index (κ1) is 20.6. The third-order valence-electron chi connectivity index (χ3n) is 7.35. The predicted octanol–water partition coefficient (Wildman–Crippen LogP) is 4.32. The van der Waals surface area contributed by atoms with Gasteiger partial charge in [-0.2, -0.15) is 0 Å². The van der Waals surface area contributed by atoms with Crippen molar-refractivity contribution in [2.45, 2.75) is 83.3 Å². The Hall–Kier alpha value is -1.13. The van der Waals surface area contributed by atoms with Crippen LogP contribution in [0, 0.1) is 29.6 Å². The van der Waals surface area contributed by atoms with E-state index in [0.29, 0.717) is 30.1 Å². The fraction of sp³-hybridized carbons (Fsp3) is 0.783. The van der Waals surface area contributed by atoms with Gasteiger partial charge in [0.15, 0.2) is 0 Å². The second-order valence-corrected chi connectivity index (χ2v) is 9.14. The molecule has 152 valence electrons. The lowest BCUT2D eigenvalue weighted by molar-refractivity contribution is -0.137. The molecule has 4 nitrogen and oxygen atoms in total. The zero-order valence-corrected chi connectivity index (χ0v) is 16.6. The van der Waals surface area contributed by atoms with Crippen LogP contribution in [0.3, 0.4) is 0 Å². The third kappa shape index (κ3) is 5.23. The number of unbranched alkanes of at least 4 members (excludes halogenated alkanes) is 1. The fourth-order valence-electron chi connectivity index (χ4n) is 5.68. The Kier molecular flexibility index (Phi) is 7.16. The zero-order chi connectivity index (χ0) is 19.4. The van der Waals surface area contributed by atoms with Crippen LogP contribution in [0.1, 0.15) is 71.1 Å². The topological polar surface area (TPSA) is 77.8 Å². The van der Waals surface area contributed by atoms with Crippen molar-refractivity contribution < 1.29 is 20.1 Å². The molecule has 27 heavy (non-hydrogen) atoms. The highest BCUT2D eigenvalue weighted by molar-refractivity contribution is 5.66. The van der Waals surface area contributed by atoms with Crippen LogP contribution in [0.25, 0.3) is 0 Å². The number of carbonyl (C=O) groups is 1. The van der Waals surface area contributed by atoms with Crippen LogP contribution < -0.4 is 0 Å². The van der Waals surface area contributed by atoms with Gasteiger partial charge in [0, 0.05) is 12.3 Å². The molecular weight excluding hydrogens is 340 g/mol. The van der Waals surface area contributed by atoms with Gasteiger partial charge in [0.1, 0.15) is 0 Å². The summed E-state index contributed by atoms with van der Waals surface area (Å²) in [6.45, 7) is 2.16. The molecule has 0 saturated heterocycles. The minimum Gasteiger partial charge on any atom is -0.481 e. The maximum atomic E-state index is 10.6. The summed E-state index contributed by atoms with van der Waals surface area (Å²) in [5.74, 6) is 1.35. The second kappa shape index (κ2) is 9.38. The first-order valence-electron chi connectivity index (χ1n) is 10.9. The van der Waals surface area contributed by atoms with Gasteiger partial charge in [0.05, 0.1) is 12.2 Å². The van der Waals surface area contributed by atoms with E-state index in [-0.39, 0.29) is 18.4 Å². The molecule has 4 heteroatoms. The van der Waals surface area contributed by atoms with Gasteiger partial charge in [0.2, 0.25) is 0 Å². The van der Waals surface area contributed by atoms with E-state index in [0.717, 1.165) is 25.7 Å². The lowest BCUT2D eigenvalue weighted by atomic mass is 9.86. The number of aliphatic carboxylic acids is 1. The SMILES string of the molecule is CC(C1CCCC1)[C@@H](O)C=C[C@@H]1[C@H]2CC(=CCCCC(=O)O)C[C@@H]2C[C@H]1O. The summed E-state index contributed by atoms with van der Waals surface area (Å²) in [5, 5.41) is 29.8. The molecular formula is C23H36O4. The van der Waals surface area contributed by atoms with E-state index in [9.17, 15) is 15.0 Å². The second-order valence-electron chi connectivity index (χ2n) is 9.14. The lowest BCUT2D eigenvalue weighted by Gasteiger charge is -2.23. The molecule has 0 heterocycles. The van der Waals surface area contributed by atoms with Gasteiger partial charge in [-0.05, 0) is 55.8 Å². The predicted molar refractivity (Wildman–Crippen MR) is 106 cm³/mol. The largest absolute Gasteiger partial charge is 0.481 e. The molecule has 6 atom stereocenters. The molecule has 0 aromatic carbocycles. The normalized spacial score (nSPS) is 35.1. The molecule has 1 unspecified atom stereocenters. The van der Waals surface area contributed by atoms with E-state index >= 15 is 0 Å². The first-order chi connectivity index (χ1) is 13.0. The number of rotatable bonds is 8. The summed E-state index contributed by atoms with van der Waals surface area (Å²) in [6.07, 6.45) is 15.3. The van der Waals surface area contributed by atoms with E-state index in [1.807, 2.05) is 6.08 Å². The smallest absolute Gasteiger partial charge is 0.303 e. The van der Waals surface area contributed by atoms with Crippen molar-refractivity contribution in [2.24, 2.45) is 29.6 Å². The Bertz CT molecular complexity index is 561. The van der Waals surface area contributed by atoms with E-state index < -0.39 is 12.1 Å². The average molecular weight is 377 g/mol. The van der Waals surface area contributed by atoms with Crippen molar-refractivity contribution in [2.75, 3.05) is 0 Å². The molecule has 3 aliphatic rings. The molecule has 0 amide bonds. The van der Waals surface area contributed by atoms with Crippen LogP contribution in [0.5, 0.6) is 0 Å². The van der Waals surface area contributed by atoms with E-state index in [1.165, 1.54) is 31.3 Å². The summed E-state index contributed by atoms with van der Waals surface area (Å²) < 4.78 is 0. The maximum absolute atomic E-state index is 10.6. The Balaban J connectivity index is 1.53. The summed E-state index contributed by atoms with van der Waals surface area (Å²) >= 11 is 0. The fourth-order valence-corrected chi connectivity index (χ4v) is 5.68. The van der Waals surface area contributed by atoms with E-state index in [2.05, 4.69) is 19.1 Å². The van der Waals surface area contributed by atoms with Crippen molar-refractivity contribution in [3.63, 3.8) is 0 Å². The number of aliphatic hydroxyl groups is 2. The van der Waals surface area contributed by atoms with Crippen molar-refractivity contribution in [1.29, 1.82) is 0 Å². The van der Waals surface area contributed by atoms with E-state index in [1.54, 1.807) is 0 Å². The standard InChI is InChI=1S/C23H36O4/c1-15(17-7-3-4-8-17)21(24)11-10-19-20-13-16(6-2-5-9-23(26)27)12-18(20)14-22(19)25/h6,10-11,15,17-22,24-25H,2-5,7-9,12-14H2,1H3,(H,26,27)/t15?,18-,19-,20+,21+,22-/m1/s1. The quantitative estimate of drug-likeness (QED) is 0.435. The van der Waals surface area contributed by atoms with Gasteiger partial charge in [-0.25, -0.2) is 0 Å².